The molecule has 2 aromatic carbocycles. The molecule has 1 N–H and O–H groups in total. The van der Waals surface area contributed by atoms with Crippen LogP contribution in [0.15, 0.2) is 42.5 Å². The van der Waals surface area contributed by atoms with Gasteiger partial charge in [0.2, 0.25) is 21.8 Å². The van der Waals surface area contributed by atoms with Crippen LogP contribution in [0, 0.1) is 6.92 Å². The molecule has 0 unspecified atom stereocenters. The highest BCUT2D eigenvalue weighted by molar-refractivity contribution is 7.92. The first-order chi connectivity index (χ1) is 15.9. The minimum atomic E-state index is -3.53. The Bertz CT molecular complexity index is 1120. The molecule has 2 aromatic rings. The van der Waals surface area contributed by atoms with Gasteiger partial charge in [-0.25, -0.2) is 8.42 Å². The van der Waals surface area contributed by atoms with Crippen LogP contribution in [0.3, 0.4) is 0 Å². The number of carbonyl (C=O) groups excluding carboxylic acids is 2. The Morgan fingerprint density at radius 3 is 2.38 bits per heavy atom. The van der Waals surface area contributed by atoms with Crippen LogP contribution in [0.2, 0.25) is 10.0 Å². The second-order valence-corrected chi connectivity index (χ2v) is 10.8. The highest BCUT2D eigenvalue weighted by atomic mass is 35.5. The van der Waals surface area contributed by atoms with Gasteiger partial charge in [-0.15, -0.1) is 0 Å². The summed E-state index contributed by atoms with van der Waals surface area (Å²) in [6, 6.07) is 11.5. The number of carbonyl (C=O) groups is 2. The molecule has 0 aliphatic heterocycles. The summed E-state index contributed by atoms with van der Waals surface area (Å²) in [5, 5.41) is 3.50. The number of benzene rings is 2. The third-order valence-electron chi connectivity index (χ3n) is 5.30. The van der Waals surface area contributed by atoms with Crippen LogP contribution in [0.4, 0.5) is 5.69 Å². The molecule has 7 nitrogen and oxygen atoms in total. The van der Waals surface area contributed by atoms with Gasteiger partial charge in [-0.1, -0.05) is 41.4 Å². The number of rotatable bonds is 11. The summed E-state index contributed by atoms with van der Waals surface area (Å²) in [5.41, 5.74) is 2.22. The van der Waals surface area contributed by atoms with E-state index in [1.54, 1.807) is 50.2 Å². The summed E-state index contributed by atoms with van der Waals surface area (Å²) in [4.78, 5) is 27.2. The van der Waals surface area contributed by atoms with Crippen molar-refractivity contribution in [2.24, 2.45) is 0 Å². The Morgan fingerprint density at radius 2 is 1.79 bits per heavy atom. The lowest BCUT2D eigenvalue weighted by Gasteiger charge is -2.29. The molecule has 0 heterocycles. The number of halogens is 2. The van der Waals surface area contributed by atoms with E-state index >= 15 is 0 Å². The third-order valence-corrected chi connectivity index (χ3v) is 7.23. The Hall–Kier alpha value is -2.29. The molecule has 0 radical (unpaired) electrons. The first-order valence-corrected chi connectivity index (χ1v) is 13.6. The average Bonchev–Trinajstić information content (AvgIpc) is 2.76. The van der Waals surface area contributed by atoms with Crippen LogP contribution in [0.25, 0.3) is 0 Å². The van der Waals surface area contributed by atoms with E-state index in [0.29, 0.717) is 28.7 Å². The van der Waals surface area contributed by atoms with E-state index in [1.165, 1.54) is 9.21 Å². The van der Waals surface area contributed by atoms with Crippen molar-refractivity contribution in [1.29, 1.82) is 0 Å². The van der Waals surface area contributed by atoms with Crippen molar-refractivity contribution in [3.8, 4) is 0 Å². The summed E-state index contributed by atoms with van der Waals surface area (Å²) >= 11 is 12.1. The first-order valence-electron chi connectivity index (χ1n) is 11.0. The van der Waals surface area contributed by atoms with E-state index in [1.807, 2.05) is 13.0 Å². The molecular formula is C24H31Cl2N3O4S. The van der Waals surface area contributed by atoms with Crippen LogP contribution in [0.1, 0.15) is 37.8 Å². The van der Waals surface area contributed by atoms with Crippen molar-refractivity contribution in [3.05, 3.63) is 63.6 Å². The van der Waals surface area contributed by atoms with Gasteiger partial charge in [0.1, 0.15) is 6.04 Å². The lowest BCUT2D eigenvalue weighted by Crippen LogP contribution is -2.47. The molecule has 10 heteroatoms. The summed E-state index contributed by atoms with van der Waals surface area (Å²) in [6.45, 7) is 6.11. The van der Waals surface area contributed by atoms with Crippen molar-refractivity contribution in [3.63, 3.8) is 0 Å². The largest absolute Gasteiger partial charge is 0.355 e. The van der Waals surface area contributed by atoms with Crippen LogP contribution in [-0.4, -0.2) is 50.5 Å². The zero-order valence-corrected chi connectivity index (χ0v) is 22.2. The fourth-order valence-electron chi connectivity index (χ4n) is 3.53. The number of hydrogen-bond acceptors (Lipinski definition) is 4. The third kappa shape index (κ3) is 7.89. The lowest BCUT2D eigenvalue weighted by atomic mass is 10.1. The van der Waals surface area contributed by atoms with Crippen molar-refractivity contribution < 1.29 is 18.0 Å². The molecule has 0 bridgehead atoms. The number of aryl methyl sites for hydroxylation is 1. The number of amides is 2. The predicted octanol–water partition coefficient (Wildman–Crippen LogP) is 4.40. The molecule has 0 saturated heterocycles. The first kappa shape index (κ1) is 28.0. The number of likely N-dealkylation sites (N-methyl/N-ethyl adjacent to an activating group) is 1. The van der Waals surface area contributed by atoms with E-state index < -0.39 is 16.1 Å². The monoisotopic (exact) mass is 527 g/mol. The molecule has 0 spiro atoms. The van der Waals surface area contributed by atoms with E-state index in [0.717, 1.165) is 17.4 Å². The molecule has 0 fully saturated rings. The molecular weight excluding hydrogens is 497 g/mol. The van der Waals surface area contributed by atoms with Crippen molar-refractivity contribution in [1.82, 2.24) is 10.2 Å². The topological polar surface area (TPSA) is 86.8 Å². The number of hydrogen-bond donors (Lipinski definition) is 1. The summed E-state index contributed by atoms with van der Waals surface area (Å²) in [5.74, 6) is -0.532. The van der Waals surface area contributed by atoms with Crippen LogP contribution < -0.4 is 9.62 Å². The molecule has 186 valence electrons. The predicted molar refractivity (Wildman–Crippen MR) is 138 cm³/mol. The Balaban J connectivity index is 2.18. The summed E-state index contributed by atoms with van der Waals surface area (Å²) in [7, 11) is -3.53. The number of nitrogens with one attached hydrogen (secondary N) is 1. The molecule has 0 aliphatic carbocycles. The highest BCUT2D eigenvalue weighted by Crippen LogP contribution is 2.24. The lowest BCUT2D eigenvalue weighted by molar-refractivity contribution is -0.140. The van der Waals surface area contributed by atoms with E-state index in [4.69, 9.17) is 23.2 Å². The fourth-order valence-corrected chi connectivity index (χ4v) is 4.80. The second kappa shape index (κ2) is 12.4. The van der Waals surface area contributed by atoms with Crippen molar-refractivity contribution in [2.45, 2.75) is 46.2 Å². The summed E-state index contributed by atoms with van der Waals surface area (Å²) < 4.78 is 26.0. The molecule has 0 saturated carbocycles. The maximum absolute atomic E-state index is 13.2. The van der Waals surface area contributed by atoms with Gasteiger partial charge in [-0.3, -0.25) is 13.9 Å². The van der Waals surface area contributed by atoms with Gasteiger partial charge in [0.05, 0.1) is 22.0 Å². The van der Waals surface area contributed by atoms with Gasteiger partial charge in [-0.2, -0.15) is 0 Å². The number of sulfonamides is 1. The van der Waals surface area contributed by atoms with Gasteiger partial charge in [-0.05, 0) is 62.6 Å². The van der Waals surface area contributed by atoms with Gasteiger partial charge >= 0.3 is 0 Å². The SMILES string of the molecule is CCNC(=O)[C@@H](C)N(Cc1ccc(Cl)c(Cl)c1)C(=O)CCCN(c1cccc(C)c1)S(C)(=O)=O. The molecule has 34 heavy (non-hydrogen) atoms. The van der Waals surface area contributed by atoms with Crippen LogP contribution >= 0.6 is 23.2 Å². The zero-order valence-electron chi connectivity index (χ0n) is 19.8. The normalized spacial score (nSPS) is 12.2. The van der Waals surface area contributed by atoms with E-state index in [2.05, 4.69) is 5.32 Å². The number of nitrogens with zero attached hydrogens (tertiary/aromatic N) is 2. The Kier molecular flexibility index (Phi) is 10.2. The minimum absolute atomic E-state index is 0.0723. The van der Waals surface area contributed by atoms with Gasteiger partial charge in [0.15, 0.2) is 0 Å². The number of anilines is 1. The minimum Gasteiger partial charge on any atom is -0.355 e. The van der Waals surface area contributed by atoms with Crippen molar-refractivity contribution >= 4 is 50.7 Å². The van der Waals surface area contributed by atoms with Gasteiger partial charge < -0.3 is 10.2 Å². The second-order valence-electron chi connectivity index (χ2n) is 8.12. The highest BCUT2D eigenvalue weighted by Gasteiger charge is 2.26. The Morgan fingerprint density at radius 1 is 1.09 bits per heavy atom. The molecule has 1 atom stereocenters. The van der Waals surface area contributed by atoms with E-state index in [9.17, 15) is 18.0 Å². The zero-order chi connectivity index (χ0) is 25.5. The molecule has 0 aromatic heterocycles. The van der Waals surface area contributed by atoms with Gasteiger partial charge in [0, 0.05) is 26.1 Å². The quantitative estimate of drug-likeness (QED) is 0.469. The maximum Gasteiger partial charge on any atom is 0.242 e. The average molecular weight is 529 g/mol. The fraction of sp³-hybridized carbons (Fsp3) is 0.417. The van der Waals surface area contributed by atoms with E-state index in [-0.39, 0.29) is 31.3 Å². The van der Waals surface area contributed by atoms with Crippen LogP contribution in [-0.2, 0) is 26.2 Å². The van der Waals surface area contributed by atoms with Crippen LogP contribution in [0.5, 0.6) is 0 Å². The Labute approximate surface area is 212 Å². The van der Waals surface area contributed by atoms with Gasteiger partial charge in [0.25, 0.3) is 0 Å². The standard InChI is InChI=1S/C24H31Cl2N3O4S/c1-5-27-24(31)18(3)28(16-19-11-12-21(25)22(26)15-19)23(30)10-7-13-29(34(4,32)33)20-9-6-8-17(2)14-20/h6,8-9,11-12,14-15,18H,5,7,10,13,16H2,1-4H3,(H,27,31)/t18-/m1/s1. The molecule has 0 aliphatic rings. The molecule has 2 rings (SSSR count). The molecule has 2 amide bonds. The maximum atomic E-state index is 13.2. The van der Waals surface area contributed by atoms with Crippen molar-refractivity contribution in [2.75, 3.05) is 23.7 Å². The summed E-state index contributed by atoms with van der Waals surface area (Å²) in [6.07, 6.45) is 1.51. The smallest absolute Gasteiger partial charge is 0.242 e.